The van der Waals surface area contributed by atoms with Gasteiger partial charge in [-0.15, -0.1) is 0 Å². The van der Waals surface area contributed by atoms with E-state index >= 15 is 0 Å². The minimum Gasteiger partial charge on any atom is -0.463 e. The van der Waals surface area contributed by atoms with E-state index in [1.54, 1.807) is 18.4 Å². The Bertz CT molecular complexity index is 1180. The molecule has 0 amide bonds. The number of hydrogen-bond donors (Lipinski definition) is 3. The number of aliphatic hydroxyl groups is 1. The number of nitrogens with zero attached hydrogens (tertiary/aromatic N) is 3. The molecule has 0 aromatic carbocycles. The van der Waals surface area contributed by atoms with E-state index in [1.807, 2.05) is 0 Å². The predicted octanol–water partition coefficient (Wildman–Crippen LogP) is 1.31. The summed E-state index contributed by atoms with van der Waals surface area (Å²) in [5, 5.41) is 10.6. The van der Waals surface area contributed by atoms with Crippen LogP contribution < -0.4 is 11.3 Å². The second kappa shape index (κ2) is 9.59. The molecule has 34 heavy (non-hydrogen) atoms. The minimum atomic E-state index is -3.86. The van der Waals surface area contributed by atoms with Crippen molar-refractivity contribution in [2.75, 3.05) is 25.6 Å². The number of hydrogen-bond acceptors (Lipinski definition) is 11. The topological polar surface area (TPSA) is 181 Å². The minimum absolute atomic E-state index is 0.0178. The molecule has 1 aliphatic heterocycles. The maximum atomic E-state index is 12.8. The van der Waals surface area contributed by atoms with Gasteiger partial charge < -0.3 is 20.1 Å². The molecule has 0 spiro atoms. The lowest BCUT2D eigenvalue weighted by Crippen LogP contribution is -2.27. The van der Waals surface area contributed by atoms with E-state index in [1.165, 1.54) is 6.33 Å². The number of phosphoric acid groups is 1. The van der Waals surface area contributed by atoms with E-state index in [-0.39, 0.29) is 67.8 Å². The van der Waals surface area contributed by atoms with Crippen LogP contribution in [0.4, 0.5) is 5.95 Å². The number of phosphoric ester groups is 1. The first-order valence-electron chi connectivity index (χ1n) is 10.9. The number of carbonyl (C=O) groups excluding carboxylic acids is 1. The quantitative estimate of drug-likeness (QED) is 0.285. The average molecular weight is 497 g/mol. The fourth-order valence-electron chi connectivity index (χ4n) is 4.11. The molecule has 2 aromatic heterocycles. The second-order valence-corrected chi connectivity index (χ2v) is 10.4. The molecule has 186 valence electrons. The van der Waals surface area contributed by atoms with Gasteiger partial charge in [-0.2, -0.15) is 4.98 Å². The van der Waals surface area contributed by atoms with E-state index < -0.39 is 31.4 Å². The summed E-state index contributed by atoms with van der Waals surface area (Å²) in [5.41, 5.74) is 6.18. The average Bonchev–Trinajstić information content (AvgIpc) is 3.28. The molecule has 2 aliphatic rings. The highest BCUT2D eigenvalue weighted by Gasteiger charge is 2.42. The van der Waals surface area contributed by atoms with Crippen LogP contribution in [0.5, 0.6) is 0 Å². The number of carbonyl (C=O) groups is 1. The molecule has 3 atom stereocenters. The van der Waals surface area contributed by atoms with Gasteiger partial charge in [0.1, 0.15) is 0 Å². The summed E-state index contributed by atoms with van der Waals surface area (Å²) >= 11 is 0. The Morgan fingerprint density at radius 2 is 2.15 bits per heavy atom. The molecule has 2 fully saturated rings. The third-order valence-electron chi connectivity index (χ3n) is 5.79. The van der Waals surface area contributed by atoms with Crippen molar-refractivity contribution in [1.29, 1.82) is 0 Å². The number of ether oxygens (including phenoxy) is 1. The lowest BCUT2D eigenvalue weighted by atomic mass is 10.0. The third kappa shape index (κ3) is 5.08. The van der Waals surface area contributed by atoms with E-state index in [4.69, 9.17) is 24.0 Å². The van der Waals surface area contributed by atoms with Crippen molar-refractivity contribution in [1.82, 2.24) is 19.5 Å². The first-order chi connectivity index (χ1) is 16.1. The summed E-state index contributed by atoms with van der Waals surface area (Å²) in [6.45, 7) is 7.46. The summed E-state index contributed by atoms with van der Waals surface area (Å²) in [5.74, 6) is -1.31. The van der Waals surface area contributed by atoms with Crippen molar-refractivity contribution in [2.45, 2.75) is 44.9 Å². The zero-order valence-electron chi connectivity index (χ0n) is 18.9. The number of esters is 1. The first kappa shape index (κ1) is 24.6. The summed E-state index contributed by atoms with van der Waals surface area (Å²) in [4.78, 5) is 34.5. The van der Waals surface area contributed by atoms with Gasteiger partial charge in [0, 0.05) is 11.8 Å². The van der Waals surface area contributed by atoms with Gasteiger partial charge in [-0.05, 0) is 25.8 Å². The Morgan fingerprint density at radius 3 is 2.82 bits per heavy atom. The SMILES string of the molecule is C=C1C(COP2(=O)OCC(CC(=O)OC(C)C)CO2)[C@@H](O)C[C@@H]1n1cnc2c(=O)[nH]c(N)nc21. The Morgan fingerprint density at radius 1 is 1.44 bits per heavy atom. The van der Waals surface area contributed by atoms with Crippen LogP contribution in [0, 0.1) is 11.8 Å². The van der Waals surface area contributed by atoms with Gasteiger partial charge in [0.2, 0.25) is 5.95 Å². The number of nitrogens with one attached hydrogen (secondary N) is 1. The highest BCUT2D eigenvalue weighted by molar-refractivity contribution is 7.48. The second-order valence-electron chi connectivity index (χ2n) is 8.72. The summed E-state index contributed by atoms with van der Waals surface area (Å²) < 4.78 is 35.6. The Balaban J connectivity index is 1.37. The van der Waals surface area contributed by atoms with Crippen LogP contribution in [-0.2, 0) is 27.7 Å². The van der Waals surface area contributed by atoms with E-state index in [0.717, 1.165) is 0 Å². The van der Waals surface area contributed by atoms with E-state index in [9.17, 15) is 19.3 Å². The highest BCUT2D eigenvalue weighted by atomic mass is 31.2. The van der Waals surface area contributed by atoms with Gasteiger partial charge in [0.05, 0.1) is 50.8 Å². The molecule has 0 radical (unpaired) electrons. The van der Waals surface area contributed by atoms with Gasteiger partial charge in [-0.3, -0.25) is 28.1 Å². The summed E-state index contributed by atoms with van der Waals surface area (Å²) in [6.07, 6.45) is 0.704. The Kier molecular flexibility index (Phi) is 6.92. The number of rotatable bonds is 7. The van der Waals surface area contributed by atoms with Crippen molar-refractivity contribution in [3.63, 3.8) is 0 Å². The Labute approximate surface area is 194 Å². The molecule has 14 heteroatoms. The number of aromatic nitrogens is 4. The number of aromatic amines is 1. The number of nitrogen functional groups attached to an aromatic ring is 1. The fourth-order valence-corrected chi connectivity index (χ4v) is 5.46. The molecule has 13 nitrogen and oxygen atoms in total. The molecule has 0 bridgehead atoms. The predicted molar refractivity (Wildman–Crippen MR) is 120 cm³/mol. The van der Waals surface area contributed by atoms with Crippen LogP contribution in [0.3, 0.4) is 0 Å². The molecular formula is C20H28N5O8P. The van der Waals surface area contributed by atoms with Crippen LogP contribution in [0.15, 0.2) is 23.3 Å². The lowest BCUT2D eigenvalue weighted by Gasteiger charge is -2.29. The lowest BCUT2D eigenvalue weighted by molar-refractivity contribution is -0.149. The number of fused-ring (bicyclic) bond motifs is 1. The monoisotopic (exact) mass is 497 g/mol. The number of aliphatic hydroxyl groups excluding tert-OH is 1. The molecule has 1 unspecified atom stereocenters. The molecule has 3 heterocycles. The molecule has 1 saturated heterocycles. The van der Waals surface area contributed by atoms with Crippen molar-refractivity contribution in [2.24, 2.45) is 11.8 Å². The molecular weight excluding hydrogens is 469 g/mol. The standard InChI is InChI=1S/C20H28N5O8P/c1-10(2)33-16(27)4-12-6-30-34(29,31-7-12)32-8-13-11(3)14(5-15(13)26)25-9-22-17-18(25)23-20(21)24-19(17)28/h9-10,12-15,26H,3-8H2,1-2H3,(H3,21,23,24,28)/t12?,13?,14-,15-,34?/m0/s1. The van der Waals surface area contributed by atoms with Crippen LogP contribution >= 0.6 is 7.82 Å². The zero-order chi connectivity index (χ0) is 24.6. The number of nitrogens with two attached hydrogens (primary N) is 1. The number of imidazole rings is 1. The third-order valence-corrected chi connectivity index (χ3v) is 7.19. The smallest absolute Gasteiger partial charge is 0.463 e. The van der Waals surface area contributed by atoms with Crippen molar-refractivity contribution in [3.8, 4) is 0 Å². The summed E-state index contributed by atoms with van der Waals surface area (Å²) in [6, 6.07) is -0.423. The molecule has 2 aromatic rings. The fraction of sp³-hybridized carbons (Fsp3) is 0.600. The maximum absolute atomic E-state index is 12.8. The van der Waals surface area contributed by atoms with Crippen molar-refractivity contribution in [3.05, 3.63) is 28.8 Å². The van der Waals surface area contributed by atoms with E-state index in [2.05, 4.69) is 21.5 Å². The van der Waals surface area contributed by atoms with Gasteiger partial charge in [-0.1, -0.05) is 6.58 Å². The molecule has 4 rings (SSSR count). The highest BCUT2D eigenvalue weighted by Crippen LogP contribution is 2.54. The molecule has 1 aliphatic carbocycles. The maximum Gasteiger partial charge on any atom is 0.474 e. The van der Waals surface area contributed by atoms with Gasteiger partial charge in [-0.25, -0.2) is 9.55 Å². The molecule has 1 saturated carbocycles. The van der Waals surface area contributed by atoms with Gasteiger partial charge in [0.25, 0.3) is 5.56 Å². The number of anilines is 1. The van der Waals surface area contributed by atoms with Crippen LogP contribution in [0.1, 0.15) is 32.7 Å². The molecule has 4 N–H and O–H groups in total. The van der Waals surface area contributed by atoms with Crippen molar-refractivity contribution < 1.29 is 32.8 Å². The van der Waals surface area contributed by atoms with Crippen LogP contribution in [-0.4, -0.2) is 62.6 Å². The van der Waals surface area contributed by atoms with Crippen LogP contribution in [0.25, 0.3) is 11.2 Å². The van der Waals surface area contributed by atoms with E-state index in [0.29, 0.717) is 5.57 Å². The summed E-state index contributed by atoms with van der Waals surface area (Å²) in [7, 11) is -3.86. The first-order valence-corrected chi connectivity index (χ1v) is 12.3. The zero-order valence-corrected chi connectivity index (χ0v) is 19.8. The largest absolute Gasteiger partial charge is 0.474 e. The normalized spacial score (nSPS) is 29.7. The number of H-pyrrole nitrogens is 1. The Hall–Kier alpha value is -2.57. The van der Waals surface area contributed by atoms with Crippen LogP contribution in [0.2, 0.25) is 0 Å². The van der Waals surface area contributed by atoms with Gasteiger partial charge >= 0.3 is 13.8 Å². The van der Waals surface area contributed by atoms with Crippen molar-refractivity contribution >= 4 is 30.9 Å². The van der Waals surface area contributed by atoms with Gasteiger partial charge in [0.15, 0.2) is 11.2 Å².